The first-order valence-electron chi connectivity index (χ1n) is 7.20. The van der Waals surface area contributed by atoms with Crippen molar-refractivity contribution in [2.24, 2.45) is 5.73 Å². The van der Waals surface area contributed by atoms with Crippen molar-refractivity contribution in [2.45, 2.75) is 58.7 Å². The van der Waals surface area contributed by atoms with Gasteiger partial charge in [-0.2, -0.15) is 0 Å². The predicted molar refractivity (Wildman–Crippen MR) is 89.3 cm³/mol. The summed E-state index contributed by atoms with van der Waals surface area (Å²) in [6, 6.07) is 5.50. The van der Waals surface area contributed by atoms with Crippen LogP contribution in [0.3, 0.4) is 0 Å². The molecule has 0 heterocycles. The van der Waals surface area contributed by atoms with E-state index in [0.29, 0.717) is 5.75 Å². The smallest absolute Gasteiger partial charge is 0.261 e. The molecule has 1 unspecified atom stereocenters. The highest BCUT2D eigenvalue weighted by Gasteiger charge is 2.23. The van der Waals surface area contributed by atoms with E-state index in [1.54, 1.807) is 6.92 Å². The molecular weight excluding hydrogens is 332 g/mol. The van der Waals surface area contributed by atoms with E-state index in [2.05, 4.69) is 21.2 Å². The van der Waals surface area contributed by atoms with E-state index in [9.17, 15) is 4.79 Å². The van der Waals surface area contributed by atoms with Gasteiger partial charge in [0.25, 0.3) is 5.91 Å². The summed E-state index contributed by atoms with van der Waals surface area (Å²) in [5, 5.41) is 2.98. The average molecular weight is 357 g/mol. The number of ether oxygens (including phenoxy) is 1. The fourth-order valence-electron chi connectivity index (χ4n) is 1.75. The summed E-state index contributed by atoms with van der Waals surface area (Å²) < 4.78 is 6.71. The number of nitrogens with two attached hydrogens (primary N) is 1. The van der Waals surface area contributed by atoms with Gasteiger partial charge < -0.3 is 15.8 Å². The van der Waals surface area contributed by atoms with Gasteiger partial charge in [0.15, 0.2) is 6.10 Å². The number of carbonyl (C=O) groups is 1. The first-order chi connectivity index (χ1) is 9.66. The molecule has 0 fully saturated rings. The fourth-order valence-corrected chi connectivity index (χ4v) is 2.09. The minimum absolute atomic E-state index is 0.127. The Morgan fingerprint density at radius 3 is 2.57 bits per heavy atom. The van der Waals surface area contributed by atoms with Crippen molar-refractivity contribution in [3.8, 4) is 5.75 Å². The highest BCUT2D eigenvalue weighted by atomic mass is 79.9. The van der Waals surface area contributed by atoms with E-state index in [-0.39, 0.29) is 17.5 Å². The first kappa shape index (κ1) is 18.0. The molecule has 3 N–H and O–H groups in total. The Bertz CT molecular complexity index is 501. The van der Waals surface area contributed by atoms with Gasteiger partial charge in [0, 0.05) is 21.6 Å². The van der Waals surface area contributed by atoms with Gasteiger partial charge in [-0.05, 0) is 46.2 Å². The molecule has 0 radical (unpaired) electrons. The lowest BCUT2D eigenvalue weighted by Gasteiger charge is -2.27. The quantitative estimate of drug-likeness (QED) is 0.819. The molecule has 5 heteroatoms. The molecule has 0 aliphatic rings. The maximum atomic E-state index is 12.2. The number of rotatable bonds is 6. The second-order valence-corrected chi connectivity index (χ2v) is 6.87. The van der Waals surface area contributed by atoms with Crippen LogP contribution in [0.2, 0.25) is 0 Å². The van der Waals surface area contributed by atoms with Crippen LogP contribution >= 0.6 is 15.9 Å². The lowest BCUT2D eigenvalue weighted by Crippen LogP contribution is -2.48. The topological polar surface area (TPSA) is 64.3 Å². The number of hydrogen-bond donors (Lipinski definition) is 2. The summed E-state index contributed by atoms with van der Waals surface area (Å²) in [6.07, 6.45) is 0.274. The molecule has 0 spiro atoms. The van der Waals surface area contributed by atoms with Crippen LogP contribution in [-0.2, 0) is 4.79 Å². The molecule has 21 heavy (non-hydrogen) atoms. The predicted octanol–water partition coefficient (Wildman–Crippen LogP) is 3.54. The molecule has 0 aromatic heterocycles. The molecule has 0 aliphatic heterocycles. The molecule has 0 saturated heterocycles. The minimum Gasteiger partial charge on any atom is -0.481 e. The van der Waals surface area contributed by atoms with E-state index in [4.69, 9.17) is 10.5 Å². The maximum Gasteiger partial charge on any atom is 0.261 e. The third-order valence-electron chi connectivity index (χ3n) is 3.48. The Labute approximate surface area is 135 Å². The van der Waals surface area contributed by atoms with Gasteiger partial charge in [-0.15, -0.1) is 0 Å². The number of benzene rings is 1. The van der Waals surface area contributed by atoms with Crippen LogP contribution < -0.4 is 15.8 Å². The van der Waals surface area contributed by atoms with Crippen molar-refractivity contribution in [3.63, 3.8) is 0 Å². The average Bonchev–Trinajstić information content (AvgIpc) is 2.37. The van der Waals surface area contributed by atoms with E-state index < -0.39 is 6.10 Å². The van der Waals surface area contributed by atoms with Crippen LogP contribution in [0.1, 0.15) is 52.6 Å². The highest BCUT2D eigenvalue weighted by molar-refractivity contribution is 9.10. The number of amides is 1. The molecule has 0 aliphatic carbocycles. The normalized spacial score (nSPS) is 14.4. The zero-order chi connectivity index (χ0) is 16.2. The molecule has 1 amide bonds. The van der Waals surface area contributed by atoms with E-state index >= 15 is 0 Å². The standard InChI is InChI=1S/C16H25BrN2O2/c1-6-16(4,5)19-15(20)11(3)21-14-9-12(17)7-8-13(14)10(2)18/h7-11H,6,18H2,1-5H3,(H,19,20)/t10-,11?/m0/s1. The lowest BCUT2D eigenvalue weighted by molar-refractivity contribution is -0.129. The largest absolute Gasteiger partial charge is 0.481 e. The van der Waals surface area contributed by atoms with Crippen LogP contribution in [0.5, 0.6) is 5.75 Å². The molecule has 118 valence electrons. The van der Waals surface area contributed by atoms with Crippen molar-refractivity contribution in [1.29, 1.82) is 0 Å². The van der Waals surface area contributed by atoms with Crippen molar-refractivity contribution in [1.82, 2.24) is 5.32 Å². The monoisotopic (exact) mass is 356 g/mol. The molecule has 0 saturated carbocycles. The van der Waals surface area contributed by atoms with Crippen LogP contribution in [0.4, 0.5) is 0 Å². The van der Waals surface area contributed by atoms with Crippen LogP contribution in [0.15, 0.2) is 22.7 Å². The fraction of sp³-hybridized carbons (Fsp3) is 0.562. The van der Waals surface area contributed by atoms with Gasteiger partial charge >= 0.3 is 0 Å². The summed E-state index contributed by atoms with van der Waals surface area (Å²) in [7, 11) is 0. The highest BCUT2D eigenvalue weighted by Crippen LogP contribution is 2.28. The second kappa shape index (κ2) is 7.27. The van der Waals surface area contributed by atoms with E-state index in [0.717, 1.165) is 16.5 Å². The van der Waals surface area contributed by atoms with Crippen molar-refractivity contribution < 1.29 is 9.53 Å². The molecule has 1 aromatic rings. The summed E-state index contributed by atoms with van der Waals surface area (Å²) in [4.78, 5) is 12.2. The molecular formula is C16H25BrN2O2. The Balaban J connectivity index is 2.85. The third-order valence-corrected chi connectivity index (χ3v) is 3.98. The molecule has 2 atom stereocenters. The summed E-state index contributed by atoms with van der Waals surface area (Å²) in [5.41, 5.74) is 6.59. The number of nitrogens with one attached hydrogen (secondary N) is 1. The zero-order valence-electron chi connectivity index (χ0n) is 13.4. The Morgan fingerprint density at radius 2 is 2.05 bits per heavy atom. The third kappa shape index (κ3) is 5.32. The van der Waals surface area contributed by atoms with Gasteiger partial charge in [-0.3, -0.25) is 4.79 Å². The zero-order valence-corrected chi connectivity index (χ0v) is 15.0. The molecule has 0 bridgehead atoms. The van der Waals surface area contributed by atoms with Crippen molar-refractivity contribution in [3.05, 3.63) is 28.2 Å². The Kier molecular flexibility index (Phi) is 6.23. The first-order valence-corrected chi connectivity index (χ1v) is 7.99. The number of carbonyl (C=O) groups excluding carboxylic acids is 1. The SMILES string of the molecule is CCC(C)(C)NC(=O)C(C)Oc1cc(Br)ccc1[C@H](C)N. The van der Waals surface area contributed by atoms with Gasteiger partial charge in [-0.1, -0.05) is 28.9 Å². The van der Waals surface area contributed by atoms with Gasteiger partial charge in [0.1, 0.15) is 5.75 Å². The van der Waals surface area contributed by atoms with Crippen molar-refractivity contribution in [2.75, 3.05) is 0 Å². The molecule has 1 aromatic carbocycles. The van der Waals surface area contributed by atoms with Gasteiger partial charge in [0.05, 0.1) is 0 Å². The Morgan fingerprint density at radius 1 is 1.43 bits per heavy atom. The molecule has 4 nitrogen and oxygen atoms in total. The van der Waals surface area contributed by atoms with Crippen LogP contribution in [0, 0.1) is 0 Å². The number of hydrogen-bond acceptors (Lipinski definition) is 3. The number of halogens is 1. The van der Waals surface area contributed by atoms with E-state index in [1.807, 2.05) is 45.9 Å². The summed E-state index contributed by atoms with van der Waals surface area (Å²) in [5.74, 6) is 0.508. The van der Waals surface area contributed by atoms with Gasteiger partial charge in [0.2, 0.25) is 0 Å². The van der Waals surface area contributed by atoms with Crippen LogP contribution in [0.25, 0.3) is 0 Å². The van der Waals surface area contributed by atoms with Crippen LogP contribution in [-0.4, -0.2) is 17.6 Å². The van der Waals surface area contributed by atoms with Gasteiger partial charge in [-0.25, -0.2) is 0 Å². The molecule has 1 rings (SSSR count). The maximum absolute atomic E-state index is 12.2. The summed E-state index contributed by atoms with van der Waals surface area (Å²) >= 11 is 3.41. The second-order valence-electron chi connectivity index (χ2n) is 5.96. The Hall–Kier alpha value is -1.07. The lowest BCUT2D eigenvalue weighted by atomic mass is 10.0. The van der Waals surface area contributed by atoms with E-state index in [1.165, 1.54) is 0 Å². The summed E-state index contributed by atoms with van der Waals surface area (Å²) in [6.45, 7) is 9.65. The minimum atomic E-state index is -0.581. The van der Waals surface area contributed by atoms with Crippen molar-refractivity contribution >= 4 is 21.8 Å².